The average molecular weight is 321 g/mol. The average Bonchev–Trinajstić information content (AvgIpc) is 2.87. The Morgan fingerprint density at radius 3 is 2.84 bits per heavy atom. The Hall–Kier alpha value is -0.630. The molecule has 5 nitrogen and oxygen atoms in total. The van der Waals surface area contributed by atoms with Crippen LogP contribution in [0.25, 0.3) is 0 Å². The van der Waals surface area contributed by atoms with E-state index in [1.807, 2.05) is 0 Å². The topological polar surface area (TPSA) is 66.5 Å². The molecule has 0 spiro atoms. The number of halogens is 1. The van der Waals surface area contributed by atoms with Crippen molar-refractivity contribution in [1.82, 2.24) is 9.62 Å². The van der Waals surface area contributed by atoms with Gasteiger partial charge in [0.15, 0.2) is 0 Å². The van der Waals surface area contributed by atoms with Gasteiger partial charge in [-0.15, -0.1) is 11.3 Å². The van der Waals surface area contributed by atoms with Crippen molar-refractivity contribution in [3.8, 4) is 0 Å². The fourth-order valence-corrected chi connectivity index (χ4v) is 6.31. The van der Waals surface area contributed by atoms with Gasteiger partial charge < -0.3 is 5.32 Å². The first kappa shape index (κ1) is 13.4. The van der Waals surface area contributed by atoms with Crippen LogP contribution in [0.3, 0.4) is 0 Å². The first-order chi connectivity index (χ1) is 8.91. The highest BCUT2D eigenvalue weighted by molar-refractivity contribution is 7.91. The molecule has 1 aromatic rings. The molecule has 1 amide bonds. The lowest BCUT2D eigenvalue weighted by atomic mass is 10.2. The molecule has 2 unspecified atom stereocenters. The molecule has 2 aliphatic rings. The van der Waals surface area contributed by atoms with Gasteiger partial charge in [0, 0.05) is 12.6 Å². The summed E-state index contributed by atoms with van der Waals surface area (Å²) < 4.78 is 27.4. The molecule has 0 radical (unpaired) electrons. The van der Waals surface area contributed by atoms with E-state index in [-0.39, 0.29) is 16.2 Å². The molecule has 8 heteroatoms. The number of nitrogens with zero attached hydrogens (tertiary/aromatic N) is 1. The van der Waals surface area contributed by atoms with Gasteiger partial charge in [-0.2, -0.15) is 4.31 Å². The van der Waals surface area contributed by atoms with Crippen molar-refractivity contribution in [2.24, 2.45) is 0 Å². The lowest BCUT2D eigenvalue weighted by Crippen LogP contribution is -2.57. The second-order valence-electron chi connectivity index (χ2n) is 4.85. The molecule has 0 aliphatic carbocycles. The number of carbonyl (C=O) groups is 1. The van der Waals surface area contributed by atoms with Crippen LogP contribution in [0.1, 0.15) is 18.4 Å². The van der Waals surface area contributed by atoms with Crippen LogP contribution in [0.5, 0.6) is 0 Å². The maximum absolute atomic E-state index is 12.7. The van der Waals surface area contributed by atoms with Crippen molar-refractivity contribution in [3.63, 3.8) is 0 Å². The zero-order chi connectivity index (χ0) is 13.8. The number of thiophene rings is 1. The Balaban J connectivity index is 2.03. The SMILES string of the molecule is Cc1cc(S(=O)(=O)N2C3CCC2C(=O)NC3)sc1Cl. The molecule has 19 heavy (non-hydrogen) atoms. The summed E-state index contributed by atoms with van der Waals surface area (Å²) >= 11 is 7.00. The lowest BCUT2D eigenvalue weighted by molar-refractivity contribution is -0.126. The second-order valence-corrected chi connectivity index (χ2v) is 8.57. The normalized spacial score (nSPS) is 27.6. The van der Waals surface area contributed by atoms with E-state index >= 15 is 0 Å². The zero-order valence-electron chi connectivity index (χ0n) is 10.2. The van der Waals surface area contributed by atoms with Gasteiger partial charge >= 0.3 is 0 Å². The van der Waals surface area contributed by atoms with E-state index in [0.29, 0.717) is 17.3 Å². The fourth-order valence-electron chi connectivity index (χ4n) is 2.66. The quantitative estimate of drug-likeness (QED) is 0.894. The Morgan fingerprint density at radius 2 is 2.21 bits per heavy atom. The van der Waals surface area contributed by atoms with Crippen molar-refractivity contribution in [1.29, 1.82) is 0 Å². The van der Waals surface area contributed by atoms with Gasteiger partial charge in [-0.3, -0.25) is 4.79 Å². The maximum Gasteiger partial charge on any atom is 0.253 e. The summed E-state index contributed by atoms with van der Waals surface area (Å²) in [6.45, 7) is 2.17. The minimum absolute atomic E-state index is 0.131. The van der Waals surface area contributed by atoms with E-state index < -0.39 is 16.1 Å². The molecule has 1 aromatic heterocycles. The Labute approximate surface area is 120 Å². The smallest absolute Gasteiger partial charge is 0.253 e. The zero-order valence-corrected chi connectivity index (χ0v) is 12.6. The predicted molar refractivity (Wildman–Crippen MR) is 72.9 cm³/mol. The van der Waals surface area contributed by atoms with Gasteiger partial charge in [0.2, 0.25) is 5.91 Å². The number of piperazine rings is 1. The van der Waals surface area contributed by atoms with E-state index in [4.69, 9.17) is 11.6 Å². The van der Waals surface area contributed by atoms with Gasteiger partial charge in [-0.1, -0.05) is 11.6 Å². The second kappa shape index (κ2) is 4.44. The molecule has 3 rings (SSSR count). The van der Waals surface area contributed by atoms with E-state index in [9.17, 15) is 13.2 Å². The van der Waals surface area contributed by atoms with Crippen molar-refractivity contribution >= 4 is 38.9 Å². The summed E-state index contributed by atoms with van der Waals surface area (Å²) in [6, 6.07) is 0.882. The number of amides is 1. The monoisotopic (exact) mass is 320 g/mol. The van der Waals surface area contributed by atoms with Gasteiger partial charge in [-0.25, -0.2) is 8.42 Å². The molecule has 1 N–H and O–H groups in total. The van der Waals surface area contributed by atoms with E-state index in [1.54, 1.807) is 13.0 Å². The maximum atomic E-state index is 12.7. The number of nitrogens with one attached hydrogen (secondary N) is 1. The van der Waals surface area contributed by atoms with Crippen LogP contribution in [0.2, 0.25) is 4.34 Å². The van der Waals surface area contributed by atoms with Crippen molar-refractivity contribution in [2.75, 3.05) is 6.54 Å². The summed E-state index contributed by atoms with van der Waals surface area (Å²) in [7, 11) is -3.63. The van der Waals surface area contributed by atoms with Gasteiger partial charge in [-0.05, 0) is 31.4 Å². The molecule has 104 valence electrons. The summed E-state index contributed by atoms with van der Waals surface area (Å²) in [5, 5.41) is 2.75. The van der Waals surface area contributed by atoms with Crippen LogP contribution in [-0.4, -0.2) is 37.3 Å². The predicted octanol–water partition coefficient (Wildman–Crippen LogP) is 1.36. The highest BCUT2D eigenvalue weighted by atomic mass is 35.5. The number of aryl methyl sites for hydroxylation is 1. The largest absolute Gasteiger partial charge is 0.353 e. The summed E-state index contributed by atoms with van der Waals surface area (Å²) in [4.78, 5) is 11.8. The minimum Gasteiger partial charge on any atom is -0.353 e. The van der Waals surface area contributed by atoms with Crippen LogP contribution in [0.15, 0.2) is 10.3 Å². The fraction of sp³-hybridized carbons (Fsp3) is 0.545. The number of hydrogen-bond acceptors (Lipinski definition) is 4. The van der Waals surface area contributed by atoms with E-state index in [2.05, 4.69) is 5.32 Å². The van der Waals surface area contributed by atoms with E-state index in [0.717, 1.165) is 23.3 Å². The van der Waals surface area contributed by atoms with Crippen LogP contribution in [0, 0.1) is 6.92 Å². The van der Waals surface area contributed by atoms with Crippen molar-refractivity contribution in [3.05, 3.63) is 16.0 Å². The summed E-state index contributed by atoms with van der Waals surface area (Å²) in [5.74, 6) is -0.197. The number of sulfonamides is 1. The number of carbonyl (C=O) groups excluding carboxylic acids is 1. The molecule has 2 aliphatic heterocycles. The van der Waals surface area contributed by atoms with Crippen LogP contribution >= 0.6 is 22.9 Å². The molecule has 2 fully saturated rings. The van der Waals surface area contributed by atoms with Crippen molar-refractivity contribution in [2.45, 2.75) is 36.1 Å². The van der Waals surface area contributed by atoms with Crippen LogP contribution in [0.4, 0.5) is 0 Å². The molecule has 2 bridgehead atoms. The Morgan fingerprint density at radius 1 is 1.47 bits per heavy atom. The van der Waals surface area contributed by atoms with Gasteiger partial charge in [0.25, 0.3) is 10.0 Å². The highest BCUT2D eigenvalue weighted by Gasteiger charge is 2.48. The van der Waals surface area contributed by atoms with Crippen molar-refractivity contribution < 1.29 is 13.2 Å². The molecule has 0 aromatic carbocycles. The molecule has 2 atom stereocenters. The molecule has 3 heterocycles. The third kappa shape index (κ3) is 1.99. The number of fused-ring (bicyclic) bond motifs is 2. The van der Waals surface area contributed by atoms with Gasteiger partial charge in [0.05, 0.1) is 4.34 Å². The molecule has 2 saturated heterocycles. The Kier molecular flexibility index (Phi) is 3.12. The third-order valence-corrected chi connectivity index (χ3v) is 7.59. The van der Waals surface area contributed by atoms with Crippen LogP contribution in [-0.2, 0) is 14.8 Å². The number of hydrogen-bond donors (Lipinski definition) is 1. The minimum atomic E-state index is -3.63. The molecular formula is C11H13ClN2O3S2. The highest BCUT2D eigenvalue weighted by Crippen LogP contribution is 2.37. The summed E-state index contributed by atoms with van der Waals surface area (Å²) in [6.07, 6.45) is 1.31. The first-order valence-corrected chi connectivity index (χ1v) is 8.62. The Bertz CT molecular complexity index is 621. The number of rotatable bonds is 2. The van der Waals surface area contributed by atoms with Gasteiger partial charge in [0.1, 0.15) is 10.3 Å². The van der Waals surface area contributed by atoms with Crippen LogP contribution < -0.4 is 5.32 Å². The van der Waals surface area contributed by atoms with E-state index in [1.165, 1.54) is 4.31 Å². The third-order valence-electron chi connectivity index (χ3n) is 3.62. The summed E-state index contributed by atoms with van der Waals surface area (Å²) in [5.41, 5.74) is 0.749. The molecular weight excluding hydrogens is 308 g/mol. The standard InChI is InChI=1S/C11H13ClN2O3S2/c1-6-4-9(18-10(6)12)19(16,17)14-7-2-3-8(14)11(15)13-5-7/h4,7-8H,2-3,5H2,1H3,(H,13,15). The molecule has 0 saturated carbocycles. The first-order valence-electron chi connectivity index (χ1n) is 5.98. The lowest BCUT2D eigenvalue weighted by Gasteiger charge is -2.32.